The van der Waals surface area contributed by atoms with E-state index in [0.717, 1.165) is 11.8 Å². The Morgan fingerprint density at radius 1 is 1.21 bits per heavy atom. The highest BCUT2D eigenvalue weighted by Crippen LogP contribution is 2.26. The Kier molecular flexibility index (Phi) is 7.71. The van der Waals surface area contributed by atoms with Crippen molar-refractivity contribution >= 4 is 38.9 Å². The summed E-state index contributed by atoms with van der Waals surface area (Å²) < 4.78 is 31.2. The van der Waals surface area contributed by atoms with E-state index in [9.17, 15) is 13.2 Å². The lowest BCUT2D eigenvalue weighted by Crippen LogP contribution is -2.32. The molecule has 0 saturated carbocycles. The third-order valence-electron chi connectivity index (χ3n) is 4.03. The summed E-state index contributed by atoms with van der Waals surface area (Å²) in [5.74, 6) is 0.491. The van der Waals surface area contributed by atoms with E-state index in [1.807, 2.05) is 19.9 Å². The van der Waals surface area contributed by atoms with Crippen LogP contribution in [0.2, 0.25) is 5.02 Å². The van der Waals surface area contributed by atoms with Gasteiger partial charge in [0, 0.05) is 29.7 Å². The molecule has 0 unspecified atom stereocenters. The minimum atomic E-state index is -3.50. The SMILES string of the molecule is CCOc1cccc(NC(=O)CCCN(c2cc(Cl)ccc2C)S(C)(=O)=O)c1. The highest BCUT2D eigenvalue weighted by molar-refractivity contribution is 7.92. The fourth-order valence-corrected chi connectivity index (χ4v) is 3.93. The summed E-state index contributed by atoms with van der Waals surface area (Å²) in [4.78, 5) is 12.2. The second kappa shape index (κ2) is 9.80. The Bertz CT molecular complexity index is 932. The van der Waals surface area contributed by atoms with Gasteiger partial charge in [-0.25, -0.2) is 8.42 Å². The van der Waals surface area contributed by atoms with Gasteiger partial charge >= 0.3 is 0 Å². The van der Waals surface area contributed by atoms with E-state index < -0.39 is 10.0 Å². The molecule has 0 aliphatic carbocycles. The summed E-state index contributed by atoms with van der Waals surface area (Å²) >= 11 is 6.03. The Hall–Kier alpha value is -2.25. The highest BCUT2D eigenvalue weighted by Gasteiger charge is 2.19. The molecule has 6 nitrogen and oxygen atoms in total. The number of hydrogen-bond acceptors (Lipinski definition) is 4. The standard InChI is InChI=1S/C20H25ClN2O4S/c1-4-27-18-8-5-7-17(14-18)22-20(24)9-6-12-23(28(3,25)26)19-13-16(21)11-10-15(19)2/h5,7-8,10-11,13-14H,4,6,9,12H2,1-3H3,(H,22,24). The summed E-state index contributed by atoms with van der Waals surface area (Å²) in [6.45, 7) is 4.44. The molecule has 2 rings (SSSR count). The summed E-state index contributed by atoms with van der Waals surface area (Å²) in [5.41, 5.74) is 1.97. The number of benzene rings is 2. The van der Waals surface area contributed by atoms with Gasteiger partial charge in [0.2, 0.25) is 15.9 Å². The van der Waals surface area contributed by atoms with Gasteiger partial charge in [-0.2, -0.15) is 0 Å². The number of halogens is 1. The van der Waals surface area contributed by atoms with Gasteiger partial charge in [-0.05, 0) is 50.1 Å². The first-order valence-electron chi connectivity index (χ1n) is 8.97. The molecule has 0 aromatic heterocycles. The molecule has 0 heterocycles. The number of carbonyl (C=O) groups excluding carboxylic acids is 1. The smallest absolute Gasteiger partial charge is 0.232 e. The second-order valence-corrected chi connectivity index (χ2v) is 8.72. The molecule has 0 bridgehead atoms. The van der Waals surface area contributed by atoms with Gasteiger partial charge in [0.25, 0.3) is 0 Å². The van der Waals surface area contributed by atoms with E-state index in [1.165, 1.54) is 4.31 Å². The average Bonchev–Trinajstić information content (AvgIpc) is 2.61. The first-order valence-corrected chi connectivity index (χ1v) is 11.2. The van der Waals surface area contributed by atoms with Gasteiger partial charge in [0.15, 0.2) is 0 Å². The van der Waals surface area contributed by atoms with Crippen LogP contribution in [0.5, 0.6) is 5.75 Å². The van der Waals surface area contributed by atoms with Crippen molar-refractivity contribution in [2.24, 2.45) is 0 Å². The van der Waals surface area contributed by atoms with Gasteiger partial charge in [-0.15, -0.1) is 0 Å². The molecule has 28 heavy (non-hydrogen) atoms. The molecule has 0 aliphatic heterocycles. The van der Waals surface area contributed by atoms with Crippen LogP contribution in [0.3, 0.4) is 0 Å². The molecule has 0 fully saturated rings. The summed E-state index contributed by atoms with van der Waals surface area (Å²) in [7, 11) is -3.50. The Balaban J connectivity index is 1.99. The van der Waals surface area contributed by atoms with Crippen LogP contribution in [0, 0.1) is 6.92 Å². The number of hydrogen-bond donors (Lipinski definition) is 1. The van der Waals surface area contributed by atoms with E-state index in [0.29, 0.717) is 35.2 Å². The molecular weight excluding hydrogens is 400 g/mol. The predicted octanol–water partition coefficient (Wildman–Crippen LogP) is 4.23. The summed E-state index contributed by atoms with van der Waals surface area (Å²) in [6, 6.07) is 12.2. The van der Waals surface area contributed by atoms with Crippen LogP contribution in [0.15, 0.2) is 42.5 Å². The number of ether oxygens (including phenoxy) is 1. The van der Waals surface area contributed by atoms with Crippen LogP contribution in [-0.4, -0.2) is 33.7 Å². The van der Waals surface area contributed by atoms with E-state index >= 15 is 0 Å². The minimum Gasteiger partial charge on any atom is -0.494 e. The molecule has 0 radical (unpaired) electrons. The Labute approximate surface area is 171 Å². The molecule has 1 N–H and O–H groups in total. The zero-order valence-corrected chi connectivity index (χ0v) is 17.8. The van der Waals surface area contributed by atoms with Crippen molar-refractivity contribution < 1.29 is 17.9 Å². The van der Waals surface area contributed by atoms with Crippen molar-refractivity contribution in [3.05, 3.63) is 53.1 Å². The van der Waals surface area contributed by atoms with Crippen molar-refractivity contribution in [1.82, 2.24) is 0 Å². The average molecular weight is 425 g/mol. The molecule has 1 amide bonds. The molecule has 0 saturated heterocycles. The van der Waals surface area contributed by atoms with Crippen molar-refractivity contribution in [2.75, 3.05) is 29.0 Å². The number of rotatable bonds is 9. The predicted molar refractivity (Wildman–Crippen MR) is 114 cm³/mol. The number of anilines is 2. The second-order valence-electron chi connectivity index (χ2n) is 6.38. The summed E-state index contributed by atoms with van der Waals surface area (Å²) in [6.07, 6.45) is 1.70. The quantitative estimate of drug-likeness (QED) is 0.653. The van der Waals surface area contributed by atoms with E-state index in [2.05, 4.69) is 5.32 Å². The maximum Gasteiger partial charge on any atom is 0.232 e. The van der Waals surface area contributed by atoms with E-state index in [4.69, 9.17) is 16.3 Å². The molecule has 8 heteroatoms. The fourth-order valence-electron chi connectivity index (χ4n) is 2.75. The third kappa shape index (κ3) is 6.42. The molecule has 152 valence electrons. The molecule has 0 spiro atoms. The normalized spacial score (nSPS) is 11.1. The molecule has 0 aliphatic rings. The molecule has 2 aromatic carbocycles. The number of aryl methyl sites for hydroxylation is 1. The summed E-state index contributed by atoms with van der Waals surface area (Å²) in [5, 5.41) is 3.26. The Morgan fingerprint density at radius 3 is 2.64 bits per heavy atom. The number of carbonyl (C=O) groups is 1. The lowest BCUT2D eigenvalue weighted by molar-refractivity contribution is -0.116. The van der Waals surface area contributed by atoms with Crippen LogP contribution in [-0.2, 0) is 14.8 Å². The maximum atomic E-state index is 12.2. The van der Waals surface area contributed by atoms with Crippen molar-refractivity contribution in [3.63, 3.8) is 0 Å². The minimum absolute atomic E-state index is 0.185. The van der Waals surface area contributed by atoms with E-state index in [1.54, 1.807) is 36.4 Å². The lowest BCUT2D eigenvalue weighted by atomic mass is 10.2. The van der Waals surface area contributed by atoms with E-state index in [-0.39, 0.29) is 18.9 Å². The van der Waals surface area contributed by atoms with Gasteiger partial charge < -0.3 is 10.1 Å². The molecule has 0 atom stereocenters. The van der Waals surface area contributed by atoms with Crippen molar-refractivity contribution in [2.45, 2.75) is 26.7 Å². The van der Waals surface area contributed by atoms with Crippen molar-refractivity contribution in [1.29, 1.82) is 0 Å². The zero-order chi connectivity index (χ0) is 20.7. The number of sulfonamides is 1. The maximum absolute atomic E-state index is 12.2. The van der Waals surface area contributed by atoms with Gasteiger partial charge in [0.1, 0.15) is 5.75 Å². The van der Waals surface area contributed by atoms with Crippen molar-refractivity contribution in [3.8, 4) is 5.75 Å². The lowest BCUT2D eigenvalue weighted by Gasteiger charge is -2.24. The van der Waals surface area contributed by atoms with Crippen LogP contribution < -0.4 is 14.4 Å². The number of amides is 1. The number of nitrogens with one attached hydrogen (secondary N) is 1. The monoisotopic (exact) mass is 424 g/mol. The van der Waals surface area contributed by atoms with Crippen LogP contribution in [0.25, 0.3) is 0 Å². The first-order chi connectivity index (χ1) is 13.2. The van der Waals surface area contributed by atoms with Gasteiger partial charge in [-0.1, -0.05) is 23.7 Å². The third-order valence-corrected chi connectivity index (χ3v) is 5.45. The van der Waals surface area contributed by atoms with Crippen LogP contribution in [0.1, 0.15) is 25.3 Å². The van der Waals surface area contributed by atoms with Crippen LogP contribution >= 0.6 is 11.6 Å². The first kappa shape index (κ1) is 22.0. The molecule has 2 aromatic rings. The topological polar surface area (TPSA) is 75.7 Å². The van der Waals surface area contributed by atoms with Gasteiger partial charge in [-0.3, -0.25) is 9.10 Å². The number of nitrogens with zero attached hydrogens (tertiary/aromatic N) is 1. The van der Waals surface area contributed by atoms with Gasteiger partial charge in [0.05, 0.1) is 18.6 Å². The zero-order valence-electron chi connectivity index (χ0n) is 16.2. The Morgan fingerprint density at radius 2 is 1.96 bits per heavy atom. The molecular formula is C20H25ClN2O4S. The largest absolute Gasteiger partial charge is 0.494 e. The highest BCUT2D eigenvalue weighted by atomic mass is 35.5. The van der Waals surface area contributed by atoms with Crippen LogP contribution in [0.4, 0.5) is 11.4 Å². The fraction of sp³-hybridized carbons (Fsp3) is 0.350.